The minimum absolute atomic E-state index is 0.228. The molecule has 4 heteroatoms. The van der Waals surface area contributed by atoms with E-state index < -0.39 is 5.97 Å². The van der Waals surface area contributed by atoms with E-state index in [2.05, 4.69) is 17.2 Å². The summed E-state index contributed by atoms with van der Waals surface area (Å²) in [6.45, 7) is 6.21. The van der Waals surface area contributed by atoms with Gasteiger partial charge in [0.15, 0.2) is 0 Å². The molecule has 4 nitrogen and oxygen atoms in total. The lowest BCUT2D eigenvalue weighted by Crippen LogP contribution is -2.10. The van der Waals surface area contributed by atoms with Crippen LogP contribution in [0, 0.1) is 5.92 Å². The van der Waals surface area contributed by atoms with Gasteiger partial charge in [0.2, 0.25) is 0 Å². The van der Waals surface area contributed by atoms with Crippen molar-refractivity contribution in [3.8, 4) is 0 Å². The second kappa shape index (κ2) is 4.96. The van der Waals surface area contributed by atoms with Crippen LogP contribution < -0.4 is 5.32 Å². The van der Waals surface area contributed by atoms with Crippen LogP contribution in [0.15, 0.2) is 12.1 Å². The van der Waals surface area contributed by atoms with Gasteiger partial charge in [0.25, 0.3) is 0 Å². The maximum absolute atomic E-state index is 11.1. The number of carboxylic acid groups (broad SMARTS) is 1. The molecular weight excluding hydrogens is 228 g/mol. The number of nitrogens with one attached hydrogen (secondary N) is 1. The second-order valence-electron chi connectivity index (χ2n) is 5.28. The Kier molecular flexibility index (Phi) is 3.55. The Morgan fingerprint density at radius 3 is 2.78 bits per heavy atom. The highest BCUT2D eigenvalue weighted by Gasteiger charge is 2.35. The van der Waals surface area contributed by atoms with Crippen LogP contribution in [0.3, 0.4) is 0 Å². The third kappa shape index (κ3) is 2.81. The van der Waals surface area contributed by atoms with Crippen molar-refractivity contribution >= 4 is 11.8 Å². The van der Waals surface area contributed by atoms with Crippen molar-refractivity contribution in [2.45, 2.75) is 45.6 Å². The standard InChI is InChI=1S/C14H20N2O2/c1-4-9-5-12(9)16-13-7-10(14(17)18)6-11(15-13)8(2)3/h6-9,12H,4-5H2,1-3H3,(H,15,16)(H,17,18). The number of carbonyl (C=O) groups is 1. The molecular formula is C14H20N2O2. The molecule has 0 spiro atoms. The maximum Gasteiger partial charge on any atom is 0.335 e. The molecule has 98 valence electrons. The first-order chi connectivity index (χ1) is 8.51. The maximum atomic E-state index is 11.1. The van der Waals surface area contributed by atoms with E-state index in [-0.39, 0.29) is 5.92 Å². The van der Waals surface area contributed by atoms with Gasteiger partial charge in [-0.15, -0.1) is 0 Å². The van der Waals surface area contributed by atoms with E-state index in [1.54, 1.807) is 12.1 Å². The summed E-state index contributed by atoms with van der Waals surface area (Å²) in [6.07, 6.45) is 2.32. The molecule has 1 aliphatic rings. The minimum atomic E-state index is -0.898. The lowest BCUT2D eigenvalue weighted by molar-refractivity contribution is 0.0696. The molecule has 1 fully saturated rings. The Labute approximate surface area is 107 Å². The molecule has 0 amide bonds. The highest BCUT2D eigenvalue weighted by Crippen LogP contribution is 2.36. The third-order valence-electron chi connectivity index (χ3n) is 3.46. The Balaban J connectivity index is 2.21. The lowest BCUT2D eigenvalue weighted by Gasteiger charge is -2.11. The van der Waals surface area contributed by atoms with Crippen LogP contribution in [0.2, 0.25) is 0 Å². The average molecular weight is 248 g/mol. The Morgan fingerprint density at radius 2 is 2.28 bits per heavy atom. The van der Waals surface area contributed by atoms with Crippen LogP contribution in [0.5, 0.6) is 0 Å². The molecule has 18 heavy (non-hydrogen) atoms. The van der Waals surface area contributed by atoms with Gasteiger partial charge in [-0.25, -0.2) is 9.78 Å². The largest absolute Gasteiger partial charge is 0.478 e. The van der Waals surface area contributed by atoms with Crippen molar-refractivity contribution in [1.82, 2.24) is 4.98 Å². The summed E-state index contributed by atoms with van der Waals surface area (Å²) in [5.41, 5.74) is 1.14. The van der Waals surface area contributed by atoms with Crippen LogP contribution in [0.25, 0.3) is 0 Å². The summed E-state index contributed by atoms with van der Waals surface area (Å²) in [4.78, 5) is 15.6. The quantitative estimate of drug-likeness (QED) is 0.840. The minimum Gasteiger partial charge on any atom is -0.478 e. The number of aromatic nitrogens is 1. The smallest absolute Gasteiger partial charge is 0.335 e. The highest BCUT2D eigenvalue weighted by molar-refractivity contribution is 5.88. The highest BCUT2D eigenvalue weighted by atomic mass is 16.4. The zero-order valence-electron chi connectivity index (χ0n) is 11.1. The van der Waals surface area contributed by atoms with Gasteiger partial charge < -0.3 is 10.4 Å². The molecule has 2 N–H and O–H groups in total. The van der Waals surface area contributed by atoms with Gasteiger partial charge in [-0.05, 0) is 30.4 Å². The summed E-state index contributed by atoms with van der Waals surface area (Å²) in [7, 11) is 0. The molecule has 0 radical (unpaired) electrons. The number of rotatable bonds is 5. The van der Waals surface area contributed by atoms with Crippen molar-refractivity contribution in [3.05, 3.63) is 23.4 Å². The molecule has 0 aliphatic heterocycles. The Hall–Kier alpha value is -1.58. The fourth-order valence-corrected chi connectivity index (χ4v) is 2.11. The molecule has 1 aliphatic carbocycles. The predicted molar refractivity (Wildman–Crippen MR) is 71.1 cm³/mol. The van der Waals surface area contributed by atoms with Gasteiger partial charge in [-0.2, -0.15) is 0 Å². The monoisotopic (exact) mass is 248 g/mol. The summed E-state index contributed by atoms with van der Waals surface area (Å²) in [6, 6.07) is 3.74. The van der Waals surface area contributed by atoms with Crippen molar-refractivity contribution in [2.24, 2.45) is 5.92 Å². The summed E-state index contributed by atoms with van der Waals surface area (Å²) >= 11 is 0. The fraction of sp³-hybridized carbons (Fsp3) is 0.571. The van der Waals surface area contributed by atoms with Gasteiger partial charge >= 0.3 is 5.97 Å². The van der Waals surface area contributed by atoms with E-state index in [1.165, 1.54) is 0 Å². The molecule has 0 saturated heterocycles. The fourth-order valence-electron chi connectivity index (χ4n) is 2.11. The molecule has 1 saturated carbocycles. The number of carboxylic acids is 1. The first-order valence-electron chi connectivity index (χ1n) is 6.53. The average Bonchev–Trinajstić information content (AvgIpc) is 3.06. The zero-order valence-corrected chi connectivity index (χ0v) is 11.1. The molecule has 1 aromatic heterocycles. The summed E-state index contributed by atoms with van der Waals surface area (Å²) in [5, 5.41) is 12.4. The second-order valence-corrected chi connectivity index (χ2v) is 5.28. The van der Waals surface area contributed by atoms with Crippen molar-refractivity contribution in [3.63, 3.8) is 0 Å². The Morgan fingerprint density at radius 1 is 1.56 bits per heavy atom. The van der Waals surface area contributed by atoms with Crippen molar-refractivity contribution < 1.29 is 9.90 Å². The lowest BCUT2D eigenvalue weighted by atomic mass is 10.1. The number of hydrogen-bond donors (Lipinski definition) is 2. The number of pyridine rings is 1. The number of nitrogens with zero attached hydrogens (tertiary/aromatic N) is 1. The van der Waals surface area contributed by atoms with E-state index in [9.17, 15) is 4.79 Å². The van der Waals surface area contributed by atoms with Gasteiger partial charge in [-0.1, -0.05) is 27.2 Å². The normalized spacial score (nSPS) is 22.0. The van der Waals surface area contributed by atoms with Crippen LogP contribution >= 0.6 is 0 Å². The molecule has 2 atom stereocenters. The van der Waals surface area contributed by atoms with Gasteiger partial charge in [0.05, 0.1) is 5.56 Å². The molecule has 0 aromatic carbocycles. The molecule has 2 unspecified atom stereocenters. The van der Waals surface area contributed by atoms with Crippen LogP contribution in [0.1, 0.15) is 55.6 Å². The molecule has 1 aromatic rings. The number of hydrogen-bond acceptors (Lipinski definition) is 3. The van der Waals surface area contributed by atoms with E-state index >= 15 is 0 Å². The summed E-state index contributed by atoms with van der Waals surface area (Å²) < 4.78 is 0. The van der Waals surface area contributed by atoms with Crippen LogP contribution in [0.4, 0.5) is 5.82 Å². The SMILES string of the molecule is CCC1CC1Nc1cc(C(=O)O)cc(C(C)C)n1. The van der Waals surface area contributed by atoms with Crippen LogP contribution in [-0.4, -0.2) is 22.1 Å². The van der Waals surface area contributed by atoms with Gasteiger partial charge in [0, 0.05) is 11.7 Å². The predicted octanol–water partition coefficient (Wildman–Crippen LogP) is 3.11. The van der Waals surface area contributed by atoms with E-state index in [0.717, 1.165) is 18.5 Å². The molecule has 2 rings (SSSR count). The molecule has 1 heterocycles. The van der Waals surface area contributed by atoms with E-state index in [1.807, 2.05) is 13.8 Å². The number of aromatic carboxylic acids is 1. The third-order valence-corrected chi connectivity index (χ3v) is 3.46. The van der Waals surface area contributed by atoms with Crippen LogP contribution in [-0.2, 0) is 0 Å². The van der Waals surface area contributed by atoms with Crippen molar-refractivity contribution in [1.29, 1.82) is 0 Å². The van der Waals surface area contributed by atoms with Gasteiger partial charge in [-0.3, -0.25) is 0 Å². The van der Waals surface area contributed by atoms with Crippen molar-refractivity contribution in [2.75, 3.05) is 5.32 Å². The Bertz CT molecular complexity index is 457. The zero-order chi connectivity index (χ0) is 13.3. The number of anilines is 1. The topological polar surface area (TPSA) is 62.2 Å². The first kappa shape index (κ1) is 12.9. The molecule has 0 bridgehead atoms. The van der Waals surface area contributed by atoms with E-state index in [0.29, 0.717) is 23.3 Å². The van der Waals surface area contributed by atoms with E-state index in [4.69, 9.17) is 5.11 Å². The van der Waals surface area contributed by atoms with Gasteiger partial charge in [0.1, 0.15) is 5.82 Å². The first-order valence-corrected chi connectivity index (χ1v) is 6.53. The summed E-state index contributed by atoms with van der Waals surface area (Å²) in [5.74, 6) is 0.735.